The van der Waals surface area contributed by atoms with Crippen LogP contribution >= 0.6 is 0 Å². The molecular formula is C24H32N4O2. The monoisotopic (exact) mass is 408 g/mol. The first-order chi connectivity index (χ1) is 14.5. The van der Waals surface area contributed by atoms with Gasteiger partial charge in [0, 0.05) is 24.1 Å². The van der Waals surface area contributed by atoms with Crippen molar-refractivity contribution in [3.63, 3.8) is 0 Å². The molecule has 2 unspecified atom stereocenters. The van der Waals surface area contributed by atoms with Gasteiger partial charge in [0.25, 0.3) is 5.91 Å². The van der Waals surface area contributed by atoms with E-state index in [0.29, 0.717) is 17.9 Å². The fourth-order valence-electron chi connectivity index (χ4n) is 4.86. The average Bonchev–Trinajstić information content (AvgIpc) is 3.21. The SMILES string of the molecule is Cc1nc2ccc(C(=O)NC3CCCC(NC(=O)CC4CCCC4)C3)cc2nc1C. The van der Waals surface area contributed by atoms with Crippen molar-refractivity contribution in [1.82, 2.24) is 20.6 Å². The molecule has 0 radical (unpaired) electrons. The molecule has 0 spiro atoms. The first-order valence-electron chi connectivity index (χ1n) is 11.3. The zero-order chi connectivity index (χ0) is 21.1. The van der Waals surface area contributed by atoms with E-state index in [4.69, 9.17) is 0 Å². The molecule has 6 nitrogen and oxygen atoms in total. The van der Waals surface area contributed by atoms with Crippen LogP contribution in [0.3, 0.4) is 0 Å². The van der Waals surface area contributed by atoms with Crippen LogP contribution in [0.5, 0.6) is 0 Å². The Hall–Kier alpha value is -2.50. The Labute approximate surface area is 178 Å². The van der Waals surface area contributed by atoms with Gasteiger partial charge in [-0.2, -0.15) is 0 Å². The summed E-state index contributed by atoms with van der Waals surface area (Å²) >= 11 is 0. The lowest BCUT2D eigenvalue weighted by Gasteiger charge is -2.30. The molecule has 2 saturated carbocycles. The van der Waals surface area contributed by atoms with Crippen LogP contribution < -0.4 is 10.6 Å². The summed E-state index contributed by atoms with van der Waals surface area (Å²) in [6.07, 6.45) is 9.31. The van der Waals surface area contributed by atoms with Gasteiger partial charge in [0.2, 0.25) is 5.91 Å². The third-order valence-electron chi connectivity index (χ3n) is 6.66. The van der Waals surface area contributed by atoms with Crippen molar-refractivity contribution in [2.75, 3.05) is 0 Å². The molecule has 1 aromatic heterocycles. The van der Waals surface area contributed by atoms with E-state index in [0.717, 1.165) is 48.1 Å². The van der Waals surface area contributed by atoms with Crippen molar-refractivity contribution in [3.05, 3.63) is 35.2 Å². The van der Waals surface area contributed by atoms with E-state index >= 15 is 0 Å². The summed E-state index contributed by atoms with van der Waals surface area (Å²) in [5.41, 5.74) is 3.93. The maximum absolute atomic E-state index is 12.8. The van der Waals surface area contributed by atoms with Gasteiger partial charge >= 0.3 is 0 Å². The van der Waals surface area contributed by atoms with Crippen molar-refractivity contribution in [2.45, 2.75) is 83.7 Å². The van der Waals surface area contributed by atoms with E-state index in [1.807, 2.05) is 32.0 Å². The highest BCUT2D eigenvalue weighted by Crippen LogP contribution is 2.28. The lowest BCUT2D eigenvalue weighted by Crippen LogP contribution is -2.46. The molecule has 30 heavy (non-hydrogen) atoms. The van der Waals surface area contributed by atoms with Crippen molar-refractivity contribution in [2.24, 2.45) is 5.92 Å². The predicted octanol–water partition coefficient (Wildman–Crippen LogP) is 3.98. The normalized spacial score (nSPS) is 22.2. The number of nitrogens with zero attached hydrogens (tertiary/aromatic N) is 2. The zero-order valence-electron chi connectivity index (χ0n) is 18.0. The second kappa shape index (κ2) is 9.11. The van der Waals surface area contributed by atoms with E-state index < -0.39 is 0 Å². The molecule has 2 N–H and O–H groups in total. The van der Waals surface area contributed by atoms with Gasteiger partial charge in [0.1, 0.15) is 0 Å². The number of hydrogen-bond donors (Lipinski definition) is 2. The number of carbonyl (C=O) groups excluding carboxylic acids is 2. The van der Waals surface area contributed by atoms with Crippen LogP contribution in [0.1, 0.15) is 79.5 Å². The molecule has 2 amide bonds. The number of fused-ring (bicyclic) bond motifs is 1. The quantitative estimate of drug-likeness (QED) is 0.784. The van der Waals surface area contributed by atoms with Crippen LogP contribution in [0.15, 0.2) is 18.2 Å². The standard InChI is InChI=1S/C24H32N4O2/c1-15-16(2)26-22-13-18(10-11-21(22)25-15)24(30)28-20-9-5-8-19(14-20)27-23(29)12-17-6-3-4-7-17/h10-11,13,17,19-20H,3-9,12,14H2,1-2H3,(H,27,29)(H,28,30). The maximum Gasteiger partial charge on any atom is 0.251 e. The van der Waals surface area contributed by atoms with Crippen LogP contribution in [0.4, 0.5) is 0 Å². The van der Waals surface area contributed by atoms with Crippen LogP contribution in [0.2, 0.25) is 0 Å². The van der Waals surface area contributed by atoms with Gasteiger partial charge in [0.05, 0.1) is 22.4 Å². The number of carbonyl (C=O) groups is 2. The van der Waals surface area contributed by atoms with Gasteiger partial charge < -0.3 is 10.6 Å². The Bertz CT molecular complexity index is 936. The molecule has 2 aromatic rings. The third-order valence-corrected chi connectivity index (χ3v) is 6.66. The molecular weight excluding hydrogens is 376 g/mol. The number of aryl methyl sites for hydroxylation is 2. The fourth-order valence-corrected chi connectivity index (χ4v) is 4.86. The van der Waals surface area contributed by atoms with Gasteiger partial charge in [-0.25, -0.2) is 9.97 Å². The summed E-state index contributed by atoms with van der Waals surface area (Å²) in [6.45, 7) is 3.87. The van der Waals surface area contributed by atoms with Crippen molar-refractivity contribution in [3.8, 4) is 0 Å². The molecule has 6 heteroatoms. The number of rotatable bonds is 5. The largest absolute Gasteiger partial charge is 0.353 e. The molecule has 1 aromatic carbocycles. The van der Waals surface area contributed by atoms with Gasteiger partial charge in [0.15, 0.2) is 0 Å². The summed E-state index contributed by atoms with van der Waals surface area (Å²) in [6, 6.07) is 5.73. The lowest BCUT2D eigenvalue weighted by molar-refractivity contribution is -0.122. The molecule has 2 atom stereocenters. The van der Waals surface area contributed by atoms with E-state index in [1.165, 1.54) is 25.7 Å². The topological polar surface area (TPSA) is 84.0 Å². The highest BCUT2D eigenvalue weighted by atomic mass is 16.2. The first-order valence-corrected chi connectivity index (χ1v) is 11.3. The van der Waals surface area contributed by atoms with Gasteiger partial charge in [-0.1, -0.05) is 12.8 Å². The number of amides is 2. The second-order valence-electron chi connectivity index (χ2n) is 9.05. The van der Waals surface area contributed by atoms with Crippen LogP contribution in [0.25, 0.3) is 11.0 Å². The Kier molecular flexibility index (Phi) is 6.30. The summed E-state index contributed by atoms with van der Waals surface area (Å²) in [5.74, 6) is 0.657. The average molecular weight is 409 g/mol. The molecule has 2 aliphatic carbocycles. The summed E-state index contributed by atoms with van der Waals surface area (Å²) in [7, 11) is 0. The molecule has 0 bridgehead atoms. The van der Waals surface area contributed by atoms with Crippen molar-refractivity contribution < 1.29 is 9.59 Å². The van der Waals surface area contributed by atoms with Crippen molar-refractivity contribution >= 4 is 22.8 Å². The lowest BCUT2D eigenvalue weighted by atomic mass is 9.90. The Balaban J connectivity index is 1.34. The molecule has 2 fully saturated rings. The molecule has 0 aliphatic heterocycles. The van der Waals surface area contributed by atoms with Gasteiger partial charge in [-0.3, -0.25) is 9.59 Å². The third kappa shape index (κ3) is 4.97. The Morgan fingerprint density at radius 1 is 0.900 bits per heavy atom. The Morgan fingerprint density at radius 2 is 1.57 bits per heavy atom. The highest BCUT2D eigenvalue weighted by Gasteiger charge is 2.26. The number of benzene rings is 1. The number of hydrogen-bond acceptors (Lipinski definition) is 4. The molecule has 1 heterocycles. The molecule has 160 valence electrons. The minimum absolute atomic E-state index is 0.0835. The van der Waals surface area contributed by atoms with Gasteiger partial charge in [-0.05, 0) is 76.5 Å². The van der Waals surface area contributed by atoms with Gasteiger partial charge in [-0.15, -0.1) is 0 Å². The summed E-state index contributed by atoms with van der Waals surface area (Å²) in [5, 5.41) is 6.38. The van der Waals surface area contributed by atoms with Crippen LogP contribution in [-0.2, 0) is 4.79 Å². The molecule has 2 aliphatic rings. The highest BCUT2D eigenvalue weighted by molar-refractivity contribution is 5.97. The first kappa shape index (κ1) is 20.8. The minimum Gasteiger partial charge on any atom is -0.353 e. The van der Waals surface area contributed by atoms with E-state index in [2.05, 4.69) is 20.6 Å². The predicted molar refractivity (Wildman–Crippen MR) is 117 cm³/mol. The zero-order valence-corrected chi connectivity index (χ0v) is 18.0. The minimum atomic E-state index is -0.0835. The number of nitrogens with one attached hydrogen (secondary N) is 2. The van der Waals surface area contributed by atoms with Crippen molar-refractivity contribution in [1.29, 1.82) is 0 Å². The van der Waals surface area contributed by atoms with Crippen LogP contribution in [-0.4, -0.2) is 33.9 Å². The smallest absolute Gasteiger partial charge is 0.251 e. The Morgan fingerprint density at radius 3 is 2.30 bits per heavy atom. The summed E-state index contributed by atoms with van der Waals surface area (Å²) in [4.78, 5) is 34.3. The number of aromatic nitrogens is 2. The fraction of sp³-hybridized carbons (Fsp3) is 0.583. The molecule has 4 rings (SSSR count). The van der Waals surface area contributed by atoms with E-state index in [-0.39, 0.29) is 23.9 Å². The summed E-state index contributed by atoms with van der Waals surface area (Å²) < 4.78 is 0. The van der Waals surface area contributed by atoms with Crippen LogP contribution in [0, 0.1) is 19.8 Å². The molecule has 0 saturated heterocycles. The van der Waals surface area contributed by atoms with E-state index in [1.54, 1.807) is 0 Å². The van der Waals surface area contributed by atoms with E-state index in [9.17, 15) is 9.59 Å². The second-order valence-corrected chi connectivity index (χ2v) is 9.05. The maximum atomic E-state index is 12.8.